The van der Waals surface area contributed by atoms with Gasteiger partial charge in [0, 0.05) is 22.0 Å². The van der Waals surface area contributed by atoms with Crippen LogP contribution in [0.1, 0.15) is 25.0 Å². The SMILES string of the molecule is CCOC(Cc1ccc(OC/C=C(/C)c2cc(Br)cc(Br)c2)cc1)C(=O)O. The van der Waals surface area contributed by atoms with Crippen LogP contribution in [0.4, 0.5) is 0 Å². The monoisotopic (exact) mass is 496 g/mol. The summed E-state index contributed by atoms with van der Waals surface area (Å²) in [7, 11) is 0. The number of halogens is 2. The predicted molar refractivity (Wildman–Crippen MR) is 114 cm³/mol. The summed E-state index contributed by atoms with van der Waals surface area (Å²) in [6.45, 7) is 4.65. The molecule has 0 aromatic heterocycles. The second-order valence-electron chi connectivity index (χ2n) is 5.99. The Bertz CT molecular complexity index is 780. The van der Waals surface area contributed by atoms with Crippen molar-refractivity contribution in [2.75, 3.05) is 13.2 Å². The summed E-state index contributed by atoms with van der Waals surface area (Å²) in [6.07, 6.45) is 1.54. The topological polar surface area (TPSA) is 55.8 Å². The van der Waals surface area contributed by atoms with Crippen LogP contribution >= 0.6 is 31.9 Å². The molecule has 0 bridgehead atoms. The molecule has 0 saturated heterocycles. The molecule has 0 aliphatic rings. The van der Waals surface area contributed by atoms with Crippen molar-refractivity contribution in [3.05, 3.63) is 68.6 Å². The number of carbonyl (C=O) groups is 1. The molecule has 0 aliphatic carbocycles. The number of rotatable bonds is 9. The van der Waals surface area contributed by atoms with E-state index in [0.29, 0.717) is 19.6 Å². The number of benzene rings is 2. The van der Waals surface area contributed by atoms with Crippen molar-refractivity contribution in [3.8, 4) is 5.75 Å². The lowest BCUT2D eigenvalue weighted by molar-refractivity contribution is -0.149. The molecule has 2 aromatic rings. The lowest BCUT2D eigenvalue weighted by atomic mass is 10.1. The van der Waals surface area contributed by atoms with Crippen LogP contribution in [0.3, 0.4) is 0 Å². The van der Waals surface area contributed by atoms with Gasteiger partial charge in [0.2, 0.25) is 0 Å². The van der Waals surface area contributed by atoms with Gasteiger partial charge in [-0.15, -0.1) is 0 Å². The molecule has 2 aromatic carbocycles. The van der Waals surface area contributed by atoms with Crippen molar-refractivity contribution < 1.29 is 19.4 Å². The van der Waals surface area contributed by atoms with Gasteiger partial charge >= 0.3 is 5.97 Å². The molecular weight excluding hydrogens is 476 g/mol. The molecule has 0 heterocycles. The second kappa shape index (κ2) is 10.6. The molecule has 27 heavy (non-hydrogen) atoms. The fourth-order valence-electron chi connectivity index (χ4n) is 2.52. The van der Waals surface area contributed by atoms with Gasteiger partial charge in [-0.3, -0.25) is 0 Å². The smallest absolute Gasteiger partial charge is 0.333 e. The first-order valence-electron chi connectivity index (χ1n) is 8.58. The van der Waals surface area contributed by atoms with E-state index in [-0.39, 0.29) is 0 Å². The summed E-state index contributed by atoms with van der Waals surface area (Å²) in [6, 6.07) is 13.5. The zero-order chi connectivity index (χ0) is 19.8. The van der Waals surface area contributed by atoms with Gasteiger partial charge in [-0.2, -0.15) is 0 Å². The number of aliphatic carboxylic acids is 1. The Hall–Kier alpha value is -1.63. The van der Waals surface area contributed by atoms with E-state index in [0.717, 1.165) is 31.4 Å². The van der Waals surface area contributed by atoms with Crippen LogP contribution in [0.15, 0.2) is 57.5 Å². The van der Waals surface area contributed by atoms with Gasteiger partial charge in [-0.25, -0.2) is 4.79 Å². The van der Waals surface area contributed by atoms with Crippen molar-refractivity contribution >= 4 is 43.4 Å². The molecule has 6 heteroatoms. The summed E-state index contributed by atoms with van der Waals surface area (Å²) >= 11 is 6.99. The fraction of sp³-hybridized carbons (Fsp3) is 0.286. The van der Waals surface area contributed by atoms with Gasteiger partial charge in [-0.05, 0) is 67.0 Å². The highest BCUT2D eigenvalue weighted by atomic mass is 79.9. The molecule has 0 aliphatic heterocycles. The molecule has 0 radical (unpaired) electrons. The third kappa shape index (κ3) is 7.13. The maximum absolute atomic E-state index is 11.2. The highest BCUT2D eigenvalue weighted by Gasteiger charge is 2.17. The molecule has 2 rings (SSSR count). The Morgan fingerprint density at radius 2 is 1.78 bits per heavy atom. The van der Waals surface area contributed by atoms with Crippen LogP contribution in [-0.4, -0.2) is 30.4 Å². The van der Waals surface area contributed by atoms with E-state index in [1.54, 1.807) is 6.92 Å². The third-order valence-corrected chi connectivity index (χ3v) is 4.86. The van der Waals surface area contributed by atoms with Gasteiger partial charge < -0.3 is 14.6 Å². The normalized spacial score (nSPS) is 12.7. The van der Waals surface area contributed by atoms with E-state index in [4.69, 9.17) is 14.6 Å². The third-order valence-electron chi connectivity index (χ3n) is 3.95. The van der Waals surface area contributed by atoms with E-state index in [9.17, 15) is 4.79 Å². The van der Waals surface area contributed by atoms with Crippen molar-refractivity contribution in [1.82, 2.24) is 0 Å². The minimum Gasteiger partial charge on any atom is -0.490 e. The Kier molecular flexibility index (Phi) is 8.54. The average Bonchev–Trinajstić information content (AvgIpc) is 2.61. The Balaban J connectivity index is 1.93. The Morgan fingerprint density at radius 3 is 2.33 bits per heavy atom. The molecule has 144 valence electrons. The quantitative estimate of drug-likeness (QED) is 0.480. The first-order valence-corrected chi connectivity index (χ1v) is 10.2. The number of carboxylic acid groups (broad SMARTS) is 1. The molecule has 1 atom stereocenters. The minimum absolute atomic E-state index is 0.334. The van der Waals surface area contributed by atoms with Gasteiger partial charge in [0.05, 0.1) is 0 Å². The zero-order valence-corrected chi connectivity index (χ0v) is 18.4. The summed E-state index contributed by atoms with van der Waals surface area (Å²) in [5.74, 6) is -0.210. The molecule has 0 fully saturated rings. The van der Waals surface area contributed by atoms with Gasteiger partial charge in [0.15, 0.2) is 6.10 Å². The molecule has 1 N–H and O–H groups in total. The number of ether oxygens (including phenoxy) is 2. The van der Waals surface area contributed by atoms with Crippen LogP contribution in [0.25, 0.3) is 5.57 Å². The standard InChI is InChI=1S/C21H22Br2O4/c1-3-26-20(21(24)25)10-15-4-6-19(7-5-15)27-9-8-14(2)16-11-17(22)13-18(23)12-16/h4-8,11-13,20H,3,9-10H2,1-2H3,(H,24,25)/b14-8-. The maximum atomic E-state index is 11.2. The summed E-state index contributed by atoms with van der Waals surface area (Å²) in [5, 5.41) is 9.15. The maximum Gasteiger partial charge on any atom is 0.333 e. The van der Waals surface area contributed by atoms with Crippen LogP contribution in [0.5, 0.6) is 5.75 Å². The van der Waals surface area contributed by atoms with E-state index in [2.05, 4.69) is 44.0 Å². The Labute approximate surface area is 176 Å². The number of hydrogen-bond donors (Lipinski definition) is 1. The van der Waals surface area contributed by atoms with E-state index in [1.165, 1.54) is 0 Å². The molecule has 4 nitrogen and oxygen atoms in total. The van der Waals surface area contributed by atoms with Gasteiger partial charge in [0.25, 0.3) is 0 Å². The molecular formula is C21H22Br2O4. The van der Waals surface area contributed by atoms with Gasteiger partial charge in [-0.1, -0.05) is 44.0 Å². The van der Waals surface area contributed by atoms with Crippen LogP contribution in [-0.2, 0) is 16.0 Å². The first-order chi connectivity index (χ1) is 12.9. The second-order valence-corrected chi connectivity index (χ2v) is 7.82. The van der Waals surface area contributed by atoms with E-state index >= 15 is 0 Å². The zero-order valence-electron chi connectivity index (χ0n) is 15.2. The average molecular weight is 498 g/mol. The van der Waals surface area contributed by atoms with Crippen LogP contribution in [0.2, 0.25) is 0 Å². The number of carboxylic acids is 1. The highest BCUT2D eigenvalue weighted by molar-refractivity contribution is 9.11. The Morgan fingerprint density at radius 1 is 1.15 bits per heavy atom. The van der Waals surface area contributed by atoms with E-state index in [1.807, 2.05) is 43.3 Å². The van der Waals surface area contributed by atoms with Crippen LogP contribution in [0, 0.1) is 0 Å². The van der Waals surface area contributed by atoms with E-state index < -0.39 is 12.1 Å². The largest absolute Gasteiger partial charge is 0.490 e. The predicted octanol–water partition coefficient (Wildman–Crippen LogP) is 5.73. The number of hydrogen-bond acceptors (Lipinski definition) is 3. The highest BCUT2D eigenvalue weighted by Crippen LogP contribution is 2.24. The molecule has 1 unspecified atom stereocenters. The minimum atomic E-state index is -0.947. The summed E-state index contributed by atoms with van der Waals surface area (Å²) in [5.41, 5.74) is 3.13. The summed E-state index contributed by atoms with van der Waals surface area (Å²) in [4.78, 5) is 11.2. The molecule has 0 spiro atoms. The summed E-state index contributed by atoms with van der Waals surface area (Å²) < 4.78 is 13.0. The van der Waals surface area contributed by atoms with Crippen molar-refractivity contribution in [2.24, 2.45) is 0 Å². The lowest BCUT2D eigenvalue weighted by Crippen LogP contribution is -2.26. The van der Waals surface area contributed by atoms with Gasteiger partial charge in [0.1, 0.15) is 12.4 Å². The van der Waals surface area contributed by atoms with Crippen LogP contribution < -0.4 is 4.74 Å². The molecule has 0 amide bonds. The van der Waals surface area contributed by atoms with Crippen molar-refractivity contribution in [2.45, 2.75) is 26.4 Å². The number of allylic oxidation sites excluding steroid dienone is 1. The van der Waals surface area contributed by atoms with Crippen molar-refractivity contribution in [3.63, 3.8) is 0 Å². The first kappa shape index (κ1) is 21.7. The van der Waals surface area contributed by atoms with Crippen molar-refractivity contribution in [1.29, 1.82) is 0 Å². The fourth-order valence-corrected chi connectivity index (χ4v) is 3.81. The molecule has 0 saturated carbocycles. The lowest BCUT2D eigenvalue weighted by Gasteiger charge is -2.12.